The molecule has 306 valence electrons. The number of aliphatic hydroxyl groups is 2. The quantitative estimate of drug-likeness (QED) is 0.0410. The van der Waals surface area contributed by atoms with E-state index in [1.54, 1.807) is 13.8 Å². The van der Waals surface area contributed by atoms with Crippen LogP contribution in [0.3, 0.4) is 0 Å². The van der Waals surface area contributed by atoms with Gasteiger partial charge in [0.1, 0.15) is 13.2 Å². The maximum atomic E-state index is 14.5. The highest BCUT2D eigenvalue weighted by molar-refractivity contribution is 5.88. The Kier molecular flexibility index (Phi) is 19.2. The fourth-order valence-corrected chi connectivity index (χ4v) is 4.05. The molecule has 0 rings (SSSR count). The number of hydrogen-bond acceptors (Lipinski definition) is 9. The highest BCUT2D eigenvalue weighted by Gasteiger charge is 2.90. The van der Waals surface area contributed by atoms with Crippen LogP contribution in [0.15, 0.2) is 24.3 Å². The summed E-state index contributed by atoms with van der Waals surface area (Å²) in [4.78, 5) is 24.5. The largest absolute Gasteiger partial charge is 0.462 e. The molecule has 0 aliphatic heterocycles. The maximum Gasteiger partial charge on any atom is 0.384 e. The van der Waals surface area contributed by atoms with Crippen LogP contribution in [0.5, 0.6) is 0 Å². The van der Waals surface area contributed by atoms with Crippen LogP contribution < -0.4 is 0 Å². The molecule has 0 heterocycles. The summed E-state index contributed by atoms with van der Waals surface area (Å²) in [6.45, 7) is -1.15. The number of ether oxygens (including phenoxy) is 5. The van der Waals surface area contributed by atoms with E-state index < -0.39 is 112 Å². The number of methoxy groups -OCH3 is 1. The van der Waals surface area contributed by atoms with E-state index in [1.165, 1.54) is 0 Å². The van der Waals surface area contributed by atoms with Crippen LogP contribution in [-0.2, 0) is 33.3 Å². The molecular formula is C31H44F12O9. The van der Waals surface area contributed by atoms with E-state index in [1.807, 2.05) is 0 Å². The van der Waals surface area contributed by atoms with Crippen molar-refractivity contribution in [1.82, 2.24) is 0 Å². The molecule has 0 aromatic rings. The van der Waals surface area contributed by atoms with E-state index in [-0.39, 0.29) is 37.0 Å². The van der Waals surface area contributed by atoms with Crippen LogP contribution in [0.1, 0.15) is 46.0 Å². The Hall–Kier alpha value is -2.62. The van der Waals surface area contributed by atoms with Crippen LogP contribution in [0, 0.1) is 11.3 Å². The summed E-state index contributed by atoms with van der Waals surface area (Å²) in [6, 6.07) is 0. The lowest BCUT2D eigenvalue weighted by atomic mass is 9.81. The molecule has 1 atom stereocenters. The number of alkyl halides is 12. The second kappa shape index (κ2) is 20.2. The summed E-state index contributed by atoms with van der Waals surface area (Å²) in [5.41, 5.74) is -1.86. The van der Waals surface area contributed by atoms with Gasteiger partial charge >= 0.3 is 47.5 Å². The van der Waals surface area contributed by atoms with Gasteiger partial charge in [0.15, 0.2) is 0 Å². The van der Waals surface area contributed by atoms with Crippen LogP contribution in [0.4, 0.5) is 52.7 Å². The number of unbranched alkanes of at least 4 members (excludes halogenated alkanes) is 2. The third-order valence-corrected chi connectivity index (χ3v) is 7.72. The van der Waals surface area contributed by atoms with Gasteiger partial charge in [-0.05, 0) is 19.3 Å². The Morgan fingerprint density at radius 2 is 1.10 bits per heavy atom. The second-order valence-electron chi connectivity index (χ2n) is 12.0. The SMILES string of the molecule is C=C(COC)C(=O)OCC(COCC(F)(F)C(F)(F)C(F)(F)C(F)(F)C(F)(F)C(F)(F)COCCCCC)COC(=O)C(=C)CC(CC)(CO)CO. The van der Waals surface area contributed by atoms with E-state index in [4.69, 9.17) is 9.47 Å². The van der Waals surface area contributed by atoms with Gasteiger partial charge in [-0.3, -0.25) is 0 Å². The summed E-state index contributed by atoms with van der Waals surface area (Å²) in [6.07, 6.45) is 0.551. The Morgan fingerprint density at radius 3 is 1.50 bits per heavy atom. The molecule has 0 aliphatic rings. The number of halogens is 12. The normalized spacial score (nSPS) is 14.2. The molecule has 0 aliphatic carbocycles. The third-order valence-electron chi connectivity index (χ3n) is 7.72. The molecule has 0 spiro atoms. The number of esters is 2. The van der Waals surface area contributed by atoms with Gasteiger partial charge in [0.2, 0.25) is 0 Å². The molecule has 0 radical (unpaired) electrons. The summed E-state index contributed by atoms with van der Waals surface area (Å²) < 4.78 is 194. The summed E-state index contributed by atoms with van der Waals surface area (Å²) in [7, 11) is 1.16. The van der Waals surface area contributed by atoms with Crippen LogP contribution >= 0.6 is 0 Å². The average molecular weight is 789 g/mol. The van der Waals surface area contributed by atoms with Crippen molar-refractivity contribution < 1.29 is 96.2 Å². The first kappa shape index (κ1) is 49.4. The molecule has 0 saturated heterocycles. The van der Waals surface area contributed by atoms with Crippen molar-refractivity contribution in [1.29, 1.82) is 0 Å². The Balaban J connectivity index is 6.01. The lowest BCUT2D eigenvalue weighted by molar-refractivity contribution is -0.429. The average Bonchev–Trinajstić information content (AvgIpc) is 3.07. The van der Waals surface area contributed by atoms with E-state index in [2.05, 4.69) is 27.4 Å². The molecule has 9 nitrogen and oxygen atoms in total. The van der Waals surface area contributed by atoms with E-state index in [9.17, 15) is 72.5 Å². The monoisotopic (exact) mass is 788 g/mol. The van der Waals surface area contributed by atoms with Gasteiger partial charge in [0.25, 0.3) is 0 Å². The zero-order chi connectivity index (χ0) is 40.8. The van der Waals surface area contributed by atoms with Crippen molar-refractivity contribution in [3.05, 3.63) is 24.3 Å². The van der Waals surface area contributed by atoms with Crippen molar-refractivity contribution in [3.8, 4) is 0 Å². The molecule has 0 aromatic carbocycles. The van der Waals surface area contributed by atoms with Crippen molar-refractivity contribution in [2.24, 2.45) is 11.3 Å². The van der Waals surface area contributed by atoms with Crippen LogP contribution in [0.2, 0.25) is 0 Å². The molecule has 52 heavy (non-hydrogen) atoms. The standard InChI is InChI=1S/C31H44F12O9/c1-6-8-9-10-49-18-26(32,33)28(36,37)30(40,41)31(42,43)29(38,39)27(34,35)19-50-13-22(15-52-24(47)21(4)12-48-5)14-51-23(46)20(3)11-25(7-2,16-44)17-45/h22,44-45H,3-4,6-19H2,1-2,5H3. The first-order valence-electron chi connectivity index (χ1n) is 15.6. The van der Waals surface area contributed by atoms with Gasteiger partial charge in [0, 0.05) is 24.7 Å². The fourth-order valence-electron chi connectivity index (χ4n) is 4.05. The number of carbonyl (C=O) groups excluding carboxylic acids is 2. The highest BCUT2D eigenvalue weighted by atomic mass is 19.4. The predicted molar refractivity (Wildman–Crippen MR) is 158 cm³/mol. The number of rotatable bonds is 28. The molecule has 0 bridgehead atoms. The van der Waals surface area contributed by atoms with Crippen molar-refractivity contribution >= 4 is 11.9 Å². The van der Waals surface area contributed by atoms with E-state index in [0.29, 0.717) is 12.8 Å². The van der Waals surface area contributed by atoms with Gasteiger partial charge in [0.05, 0.1) is 51.1 Å². The van der Waals surface area contributed by atoms with Gasteiger partial charge in [-0.1, -0.05) is 39.8 Å². The number of carbonyl (C=O) groups is 2. The fraction of sp³-hybridized carbons (Fsp3) is 0.806. The topological polar surface area (TPSA) is 121 Å². The Bertz CT molecular complexity index is 1150. The highest BCUT2D eigenvalue weighted by Crippen LogP contribution is 2.60. The molecule has 21 heteroatoms. The lowest BCUT2D eigenvalue weighted by Crippen LogP contribution is -2.71. The summed E-state index contributed by atoms with van der Waals surface area (Å²) in [5.74, 6) is -47.1. The minimum atomic E-state index is -7.83. The molecule has 0 amide bonds. The number of hydrogen-bond donors (Lipinski definition) is 2. The Labute approximate surface area is 292 Å². The van der Waals surface area contributed by atoms with Gasteiger partial charge in [-0.2, -0.15) is 52.7 Å². The second-order valence-corrected chi connectivity index (χ2v) is 12.0. The Morgan fingerprint density at radius 1 is 0.654 bits per heavy atom. The van der Waals surface area contributed by atoms with Crippen molar-refractivity contribution in [3.63, 3.8) is 0 Å². The lowest BCUT2D eigenvalue weighted by Gasteiger charge is -2.41. The minimum Gasteiger partial charge on any atom is -0.462 e. The molecular weight excluding hydrogens is 744 g/mol. The molecule has 1 unspecified atom stereocenters. The molecule has 0 saturated carbocycles. The van der Waals surface area contributed by atoms with Gasteiger partial charge in [-0.25, -0.2) is 9.59 Å². The van der Waals surface area contributed by atoms with Gasteiger partial charge < -0.3 is 33.9 Å². The smallest absolute Gasteiger partial charge is 0.384 e. The molecule has 2 N–H and O–H groups in total. The van der Waals surface area contributed by atoms with E-state index in [0.717, 1.165) is 7.11 Å². The first-order chi connectivity index (χ1) is 23.7. The summed E-state index contributed by atoms with van der Waals surface area (Å²) in [5, 5.41) is 19.1. The molecule has 0 fully saturated rings. The summed E-state index contributed by atoms with van der Waals surface area (Å²) >= 11 is 0. The number of aliphatic hydroxyl groups excluding tert-OH is 2. The first-order valence-corrected chi connectivity index (χ1v) is 15.6. The zero-order valence-electron chi connectivity index (χ0n) is 28.7. The van der Waals surface area contributed by atoms with Crippen LogP contribution in [-0.4, -0.2) is 124 Å². The maximum absolute atomic E-state index is 14.5. The van der Waals surface area contributed by atoms with Gasteiger partial charge in [-0.15, -0.1) is 0 Å². The van der Waals surface area contributed by atoms with Crippen LogP contribution in [0.25, 0.3) is 0 Å². The van der Waals surface area contributed by atoms with Crippen molar-refractivity contribution in [2.75, 3.05) is 66.6 Å². The molecule has 0 aromatic heterocycles. The minimum absolute atomic E-state index is 0.0477. The third kappa shape index (κ3) is 11.9. The van der Waals surface area contributed by atoms with Crippen molar-refractivity contribution in [2.45, 2.75) is 81.5 Å². The zero-order valence-corrected chi connectivity index (χ0v) is 28.7. The van der Waals surface area contributed by atoms with E-state index >= 15 is 0 Å². The predicted octanol–water partition coefficient (Wildman–Crippen LogP) is 6.25.